The first kappa shape index (κ1) is 15.8. The van der Waals surface area contributed by atoms with E-state index in [-0.39, 0.29) is 5.75 Å². The van der Waals surface area contributed by atoms with Gasteiger partial charge in [-0.05, 0) is 31.2 Å². The molecule has 0 saturated heterocycles. The van der Waals surface area contributed by atoms with Crippen molar-refractivity contribution in [3.63, 3.8) is 0 Å². The first-order chi connectivity index (χ1) is 10.5. The van der Waals surface area contributed by atoms with Crippen molar-refractivity contribution < 1.29 is 23.0 Å². The number of amides is 1. The number of rotatable bonds is 5. The molecule has 22 heavy (non-hydrogen) atoms. The van der Waals surface area contributed by atoms with Gasteiger partial charge in [0.25, 0.3) is 5.91 Å². The quantitative estimate of drug-likeness (QED) is 0.921. The van der Waals surface area contributed by atoms with Gasteiger partial charge in [-0.2, -0.15) is 0 Å². The van der Waals surface area contributed by atoms with Crippen molar-refractivity contribution in [2.24, 2.45) is 0 Å². The molecule has 0 aromatic heterocycles. The van der Waals surface area contributed by atoms with Gasteiger partial charge in [0.2, 0.25) is 0 Å². The van der Waals surface area contributed by atoms with Gasteiger partial charge >= 0.3 is 0 Å². The number of hydrogen-bond donors (Lipinski definition) is 1. The molecule has 116 valence electrons. The van der Waals surface area contributed by atoms with Crippen molar-refractivity contribution in [1.29, 1.82) is 0 Å². The lowest BCUT2D eigenvalue weighted by Gasteiger charge is -2.16. The first-order valence-electron chi connectivity index (χ1n) is 6.57. The molecule has 0 aliphatic carbocycles. The molecule has 1 amide bonds. The van der Waals surface area contributed by atoms with Gasteiger partial charge in [0.1, 0.15) is 11.5 Å². The van der Waals surface area contributed by atoms with E-state index in [1.165, 1.54) is 20.1 Å². The number of halogens is 2. The average Bonchev–Trinajstić information content (AvgIpc) is 2.51. The summed E-state index contributed by atoms with van der Waals surface area (Å²) in [5, 5.41) is 2.65. The average molecular weight is 307 g/mol. The minimum atomic E-state index is -1.03. The van der Waals surface area contributed by atoms with E-state index >= 15 is 0 Å². The summed E-state index contributed by atoms with van der Waals surface area (Å²) in [5.74, 6) is -1.86. The van der Waals surface area contributed by atoms with Gasteiger partial charge in [-0.25, -0.2) is 8.78 Å². The number of anilines is 1. The van der Waals surface area contributed by atoms with Crippen LogP contribution in [0.25, 0.3) is 0 Å². The van der Waals surface area contributed by atoms with Crippen molar-refractivity contribution in [2.75, 3.05) is 12.4 Å². The minimum Gasteiger partial charge on any atom is -0.495 e. The molecule has 2 aromatic rings. The van der Waals surface area contributed by atoms with E-state index in [1.54, 1.807) is 24.3 Å². The molecule has 0 spiro atoms. The van der Waals surface area contributed by atoms with Crippen LogP contribution in [-0.4, -0.2) is 19.1 Å². The Hall–Kier alpha value is -2.63. The molecule has 6 heteroatoms. The Morgan fingerprint density at radius 1 is 1.14 bits per heavy atom. The number of hydrogen-bond acceptors (Lipinski definition) is 3. The van der Waals surface area contributed by atoms with Gasteiger partial charge < -0.3 is 14.8 Å². The molecule has 0 bridgehead atoms. The molecule has 2 rings (SSSR count). The Bertz CT molecular complexity index is 676. The van der Waals surface area contributed by atoms with Crippen molar-refractivity contribution in [3.8, 4) is 11.5 Å². The topological polar surface area (TPSA) is 47.6 Å². The third-order valence-corrected chi connectivity index (χ3v) is 2.94. The SMILES string of the molecule is COc1ccccc1NC(=O)[C@H](C)Oc1ccc(F)c(F)c1. The predicted octanol–water partition coefficient (Wildman–Crippen LogP) is 3.38. The molecular weight excluding hydrogens is 292 g/mol. The van der Waals surface area contributed by atoms with Crippen LogP contribution < -0.4 is 14.8 Å². The fourth-order valence-corrected chi connectivity index (χ4v) is 1.79. The van der Waals surface area contributed by atoms with Gasteiger partial charge in [-0.1, -0.05) is 12.1 Å². The highest BCUT2D eigenvalue weighted by Crippen LogP contribution is 2.23. The summed E-state index contributed by atoms with van der Waals surface area (Å²) >= 11 is 0. The zero-order chi connectivity index (χ0) is 16.1. The van der Waals surface area contributed by atoms with Gasteiger partial charge in [-0.3, -0.25) is 4.79 Å². The summed E-state index contributed by atoms with van der Waals surface area (Å²) in [7, 11) is 1.49. The molecule has 0 unspecified atom stereocenters. The Morgan fingerprint density at radius 2 is 1.86 bits per heavy atom. The Morgan fingerprint density at radius 3 is 2.55 bits per heavy atom. The maximum absolute atomic E-state index is 13.1. The summed E-state index contributed by atoms with van der Waals surface area (Å²) in [6, 6.07) is 10.00. The monoisotopic (exact) mass is 307 g/mol. The number of para-hydroxylation sites is 2. The highest BCUT2D eigenvalue weighted by Gasteiger charge is 2.17. The number of benzene rings is 2. The molecule has 4 nitrogen and oxygen atoms in total. The maximum atomic E-state index is 13.1. The summed E-state index contributed by atoms with van der Waals surface area (Å²) in [6.07, 6.45) is -0.894. The summed E-state index contributed by atoms with van der Waals surface area (Å²) in [4.78, 5) is 12.1. The Kier molecular flexibility index (Phi) is 4.93. The Labute approximate surface area is 126 Å². The van der Waals surface area contributed by atoms with Crippen LogP contribution in [0, 0.1) is 11.6 Å². The van der Waals surface area contributed by atoms with Gasteiger partial charge in [0.15, 0.2) is 17.7 Å². The number of carbonyl (C=O) groups is 1. The van der Waals surface area contributed by atoms with Crippen LogP contribution in [0.2, 0.25) is 0 Å². The molecule has 0 radical (unpaired) electrons. The standard InChI is InChI=1S/C16H15F2NO3/c1-10(22-11-7-8-12(17)13(18)9-11)16(20)19-14-5-3-4-6-15(14)21-2/h3-10H,1-2H3,(H,19,20)/t10-/m0/s1. The van der Waals surface area contributed by atoms with Crippen molar-refractivity contribution in [3.05, 3.63) is 54.1 Å². The molecule has 1 N–H and O–H groups in total. The summed E-state index contributed by atoms with van der Waals surface area (Å²) in [5.41, 5.74) is 0.496. The summed E-state index contributed by atoms with van der Waals surface area (Å²) < 4.78 is 36.4. The fraction of sp³-hybridized carbons (Fsp3) is 0.188. The zero-order valence-corrected chi connectivity index (χ0v) is 12.1. The number of nitrogens with one attached hydrogen (secondary N) is 1. The van der Waals surface area contributed by atoms with Crippen molar-refractivity contribution in [2.45, 2.75) is 13.0 Å². The second kappa shape index (κ2) is 6.89. The molecule has 1 atom stereocenters. The number of ether oxygens (including phenoxy) is 2. The van der Waals surface area contributed by atoms with Crippen LogP contribution in [0.4, 0.5) is 14.5 Å². The van der Waals surface area contributed by atoms with Gasteiger partial charge in [0, 0.05) is 6.07 Å². The van der Waals surface area contributed by atoms with E-state index in [0.717, 1.165) is 12.1 Å². The van der Waals surface area contributed by atoms with E-state index in [4.69, 9.17) is 9.47 Å². The van der Waals surface area contributed by atoms with Crippen LogP contribution in [-0.2, 0) is 4.79 Å². The van der Waals surface area contributed by atoms with Gasteiger partial charge in [-0.15, -0.1) is 0 Å². The zero-order valence-electron chi connectivity index (χ0n) is 12.1. The molecular formula is C16H15F2NO3. The third kappa shape index (κ3) is 3.72. The molecule has 0 heterocycles. The van der Waals surface area contributed by atoms with Crippen LogP contribution in [0.3, 0.4) is 0 Å². The predicted molar refractivity (Wildman–Crippen MR) is 78.1 cm³/mol. The van der Waals surface area contributed by atoms with E-state index in [2.05, 4.69) is 5.32 Å². The van der Waals surface area contributed by atoms with Crippen molar-refractivity contribution >= 4 is 11.6 Å². The smallest absolute Gasteiger partial charge is 0.265 e. The lowest BCUT2D eigenvalue weighted by molar-refractivity contribution is -0.122. The highest BCUT2D eigenvalue weighted by atomic mass is 19.2. The summed E-state index contributed by atoms with van der Waals surface area (Å²) in [6.45, 7) is 1.51. The lowest BCUT2D eigenvalue weighted by atomic mass is 10.2. The highest BCUT2D eigenvalue weighted by molar-refractivity contribution is 5.95. The first-order valence-corrected chi connectivity index (χ1v) is 6.57. The normalized spacial score (nSPS) is 11.6. The van der Waals surface area contributed by atoms with E-state index in [0.29, 0.717) is 11.4 Å². The van der Waals surface area contributed by atoms with Crippen LogP contribution in [0.5, 0.6) is 11.5 Å². The second-order valence-electron chi connectivity index (χ2n) is 4.53. The largest absolute Gasteiger partial charge is 0.495 e. The van der Waals surface area contributed by atoms with Crippen LogP contribution in [0.15, 0.2) is 42.5 Å². The second-order valence-corrected chi connectivity index (χ2v) is 4.53. The van der Waals surface area contributed by atoms with E-state index in [1.807, 2.05) is 0 Å². The van der Waals surface area contributed by atoms with E-state index < -0.39 is 23.6 Å². The Balaban J connectivity index is 2.04. The van der Waals surface area contributed by atoms with Gasteiger partial charge in [0.05, 0.1) is 12.8 Å². The molecule has 2 aromatic carbocycles. The minimum absolute atomic E-state index is 0.0709. The number of methoxy groups -OCH3 is 1. The molecule has 0 saturated carbocycles. The lowest BCUT2D eigenvalue weighted by Crippen LogP contribution is -2.30. The molecule has 0 aliphatic rings. The van der Waals surface area contributed by atoms with Crippen LogP contribution in [0.1, 0.15) is 6.92 Å². The van der Waals surface area contributed by atoms with Crippen LogP contribution >= 0.6 is 0 Å². The van der Waals surface area contributed by atoms with Crippen molar-refractivity contribution in [1.82, 2.24) is 0 Å². The fourth-order valence-electron chi connectivity index (χ4n) is 1.79. The van der Waals surface area contributed by atoms with E-state index in [9.17, 15) is 13.6 Å². The third-order valence-electron chi connectivity index (χ3n) is 2.94. The maximum Gasteiger partial charge on any atom is 0.265 e. The number of carbonyl (C=O) groups excluding carboxylic acids is 1. The molecule has 0 aliphatic heterocycles. The molecule has 0 fully saturated rings.